The van der Waals surface area contributed by atoms with Gasteiger partial charge >= 0.3 is 0 Å². The van der Waals surface area contributed by atoms with Gasteiger partial charge in [-0.3, -0.25) is 4.99 Å². The van der Waals surface area contributed by atoms with Crippen molar-refractivity contribution in [1.82, 2.24) is 5.32 Å². The van der Waals surface area contributed by atoms with E-state index in [0.717, 1.165) is 18.3 Å². The van der Waals surface area contributed by atoms with E-state index in [2.05, 4.69) is 11.4 Å². The van der Waals surface area contributed by atoms with Crippen LogP contribution < -0.4 is 5.32 Å². The largest absolute Gasteiger partial charge is 0.361 e. The fourth-order valence-corrected chi connectivity index (χ4v) is 4.29. The van der Waals surface area contributed by atoms with Gasteiger partial charge in [0.25, 0.3) is 0 Å². The molecule has 0 unspecified atom stereocenters. The monoisotopic (exact) mass is 299 g/mol. The van der Waals surface area contributed by atoms with Crippen LogP contribution in [-0.2, 0) is 6.54 Å². The van der Waals surface area contributed by atoms with Crippen molar-refractivity contribution >= 4 is 16.9 Å². The van der Waals surface area contributed by atoms with Crippen molar-refractivity contribution in [3.63, 3.8) is 0 Å². The molecule has 1 aliphatic carbocycles. The molecule has 110 valence electrons. The molecule has 1 saturated carbocycles. The Labute approximate surface area is 130 Å². The number of nitrogens with zero attached hydrogens (tertiary/aromatic N) is 2. The standard InChI is InChI=1S/C17H21N3S/c18-10-14-4-6-15(7-5-14)11-19-16-20-12-17(13-21-16)8-2-1-3-9-17/h4-7H,1-3,8-9,11-13H2,(H,19,20). The average Bonchev–Trinajstić information content (AvgIpc) is 2.56. The molecular weight excluding hydrogens is 278 g/mol. The van der Waals surface area contributed by atoms with Crippen molar-refractivity contribution in [3.8, 4) is 6.07 Å². The number of amidine groups is 1. The molecule has 1 aromatic rings. The van der Waals surface area contributed by atoms with Crippen molar-refractivity contribution < 1.29 is 0 Å². The Kier molecular flexibility index (Phi) is 4.50. The van der Waals surface area contributed by atoms with Crippen LogP contribution in [0.3, 0.4) is 0 Å². The third-order valence-corrected chi connectivity index (χ3v) is 5.82. The van der Waals surface area contributed by atoms with Crippen LogP contribution in [0.4, 0.5) is 0 Å². The van der Waals surface area contributed by atoms with Gasteiger partial charge in [-0.15, -0.1) is 0 Å². The smallest absolute Gasteiger partial charge is 0.156 e. The highest BCUT2D eigenvalue weighted by atomic mass is 32.2. The summed E-state index contributed by atoms with van der Waals surface area (Å²) < 4.78 is 0. The van der Waals surface area contributed by atoms with Crippen LogP contribution in [0.25, 0.3) is 0 Å². The number of thioether (sulfide) groups is 1. The summed E-state index contributed by atoms with van der Waals surface area (Å²) in [5, 5.41) is 13.3. The van der Waals surface area contributed by atoms with E-state index in [4.69, 9.17) is 10.3 Å². The summed E-state index contributed by atoms with van der Waals surface area (Å²) in [7, 11) is 0. The molecule has 0 aromatic heterocycles. The zero-order valence-corrected chi connectivity index (χ0v) is 13.1. The van der Waals surface area contributed by atoms with E-state index >= 15 is 0 Å². The Morgan fingerprint density at radius 1 is 1.19 bits per heavy atom. The summed E-state index contributed by atoms with van der Waals surface area (Å²) in [6.07, 6.45) is 6.87. The lowest BCUT2D eigenvalue weighted by Gasteiger charge is -2.38. The number of hydrogen-bond acceptors (Lipinski definition) is 4. The zero-order chi connectivity index (χ0) is 14.5. The fraction of sp³-hybridized carbons (Fsp3) is 0.529. The second-order valence-electron chi connectivity index (χ2n) is 6.13. The van der Waals surface area contributed by atoms with Gasteiger partial charge in [-0.05, 0) is 36.0 Å². The SMILES string of the molecule is N#Cc1ccc(CNC2=NCC3(CCCCC3)CS2)cc1. The van der Waals surface area contributed by atoms with Crippen LogP contribution >= 0.6 is 11.8 Å². The van der Waals surface area contributed by atoms with Crippen molar-refractivity contribution in [2.24, 2.45) is 10.4 Å². The van der Waals surface area contributed by atoms with Crippen LogP contribution in [0.15, 0.2) is 29.3 Å². The molecule has 21 heavy (non-hydrogen) atoms. The molecule has 2 aliphatic rings. The quantitative estimate of drug-likeness (QED) is 0.905. The first-order valence-electron chi connectivity index (χ1n) is 7.70. The maximum atomic E-state index is 8.80. The summed E-state index contributed by atoms with van der Waals surface area (Å²) in [5.74, 6) is 1.21. The number of nitrogens with one attached hydrogen (secondary N) is 1. The maximum Gasteiger partial charge on any atom is 0.156 e. The number of nitriles is 1. The molecular formula is C17H21N3S. The first-order chi connectivity index (χ1) is 10.3. The van der Waals surface area contributed by atoms with Crippen molar-refractivity contribution in [3.05, 3.63) is 35.4 Å². The van der Waals surface area contributed by atoms with Crippen molar-refractivity contribution in [2.45, 2.75) is 38.6 Å². The van der Waals surface area contributed by atoms with E-state index in [-0.39, 0.29) is 0 Å². The van der Waals surface area contributed by atoms with Gasteiger partial charge in [0.05, 0.1) is 11.6 Å². The topological polar surface area (TPSA) is 48.2 Å². The van der Waals surface area contributed by atoms with E-state index < -0.39 is 0 Å². The van der Waals surface area contributed by atoms with Crippen molar-refractivity contribution in [2.75, 3.05) is 12.3 Å². The number of hydrogen-bond donors (Lipinski definition) is 1. The molecule has 0 radical (unpaired) electrons. The van der Waals surface area contributed by atoms with Gasteiger partial charge in [0.2, 0.25) is 0 Å². The third kappa shape index (κ3) is 3.59. The average molecular weight is 299 g/mol. The lowest BCUT2D eigenvalue weighted by Crippen LogP contribution is -2.36. The predicted octanol–water partition coefficient (Wildman–Crippen LogP) is 3.70. The minimum absolute atomic E-state index is 0.489. The first-order valence-corrected chi connectivity index (χ1v) is 8.68. The van der Waals surface area contributed by atoms with Gasteiger partial charge in [-0.1, -0.05) is 43.2 Å². The summed E-state index contributed by atoms with van der Waals surface area (Å²) in [5.41, 5.74) is 2.39. The Morgan fingerprint density at radius 2 is 1.95 bits per heavy atom. The molecule has 3 nitrogen and oxygen atoms in total. The Hall–Kier alpha value is -1.47. The maximum absolute atomic E-state index is 8.80. The molecule has 1 N–H and O–H groups in total. The highest BCUT2D eigenvalue weighted by Crippen LogP contribution is 2.41. The van der Waals surface area contributed by atoms with E-state index in [1.165, 1.54) is 43.4 Å². The normalized spacial score (nSPS) is 20.6. The van der Waals surface area contributed by atoms with E-state index in [1.54, 1.807) is 0 Å². The van der Waals surface area contributed by atoms with Gasteiger partial charge in [-0.25, -0.2) is 0 Å². The van der Waals surface area contributed by atoms with Gasteiger partial charge in [0, 0.05) is 18.8 Å². The van der Waals surface area contributed by atoms with E-state index in [1.807, 2.05) is 36.0 Å². The Bertz CT molecular complexity index is 550. The molecule has 3 rings (SSSR count). The van der Waals surface area contributed by atoms with Gasteiger partial charge < -0.3 is 5.32 Å². The number of rotatable bonds is 2. The second kappa shape index (κ2) is 6.53. The molecule has 1 aromatic carbocycles. The lowest BCUT2D eigenvalue weighted by atomic mass is 9.75. The molecule has 1 spiro atoms. The molecule has 0 atom stereocenters. The Balaban J connectivity index is 1.53. The van der Waals surface area contributed by atoms with E-state index in [9.17, 15) is 0 Å². The van der Waals surface area contributed by atoms with Crippen LogP contribution in [0.2, 0.25) is 0 Å². The Morgan fingerprint density at radius 3 is 2.57 bits per heavy atom. The summed E-state index contributed by atoms with van der Waals surface area (Å²) in [6, 6.07) is 9.88. The fourth-order valence-electron chi connectivity index (χ4n) is 3.14. The van der Waals surface area contributed by atoms with Crippen LogP contribution in [0.5, 0.6) is 0 Å². The number of aliphatic imine (C=N–C) groups is 1. The van der Waals surface area contributed by atoms with Gasteiger partial charge in [0.1, 0.15) is 0 Å². The predicted molar refractivity (Wildman–Crippen MR) is 88.3 cm³/mol. The summed E-state index contributed by atoms with van der Waals surface area (Å²) >= 11 is 1.88. The van der Waals surface area contributed by atoms with Crippen LogP contribution in [0, 0.1) is 16.7 Å². The third-order valence-electron chi connectivity index (χ3n) is 4.51. The summed E-state index contributed by atoms with van der Waals surface area (Å²) in [4.78, 5) is 4.77. The molecule has 0 amide bonds. The minimum Gasteiger partial charge on any atom is -0.361 e. The van der Waals surface area contributed by atoms with Crippen molar-refractivity contribution in [1.29, 1.82) is 5.26 Å². The molecule has 0 bridgehead atoms. The van der Waals surface area contributed by atoms with Crippen LogP contribution in [0.1, 0.15) is 43.2 Å². The minimum atomic E-state index is 0.489. The lowest BCUT2D eigenvalue weighted by molar-refractivity contribution is 0.232. The highest BCUT2D eigenvalue weighted by molar-refractivity contribution is 8.13. The molecule has 1 heterocycles. The molecule has 4 heteroatoms. The summed E-state index contributed by atoms with van der Waals surface area (Å²) in [6.45, 7) is 1.78. The zero-order valence-electron chi connectivity index (χ0n) is 12.3. The van der Waals surface area contributed by atoms with Gasteiger partial charge in [-0.2, -0.15) is 5.26 Å². The van der Waals surface area contributed by atoms with E-state index in [0.29, 0.717) is 11.0 Å². The molecule has 1 fully saturated rings. The van der Waals surface area contributed by atoms with Crippen LogP contribution in [-0.4, -0.2) is 17.5 Å². The van der Waals surface area contributed by atoms with Gasteiger partial charge in [0.15, 0.2) is 5.17 Å². The number of benzene rings is 1. The molecule has 1 aliphatic heterocycles. The first kappa shape index (κ1) is 14.5. The highest BCUT2D eigenvalue weighted by Gasteiger charge is 2.34. The second-order valence-corrected chi connectivity index (χ2v) is 7.10. The molecule has 0 saturated heterocycles.